The highest BCUT2D eigenvalue weighted by Gasteiger charge is 2.35. The molecule has 1 N–H and O–H groups in total. The first-order valence-corrected chi connectivity index (χ1v) is 11.3. The van der Waals surface area contributed by atoms with Gasteiger partial charge in [0.2, 0.25) is 5.91 Å². The summed E-state index contributed by atoms with van der Waals surface area (Å²) in [5.41, 5.74) is 1.37. The third kappa shape index (κ3) is 4.41. The Kier molecular flexibility index (Phi) is 6.20. The van der Waals surface area contributed by atoms with Crippen molar-refractivity contribution in [3.63, 3.8) is 0 Å². The monoisotopic (exact) mass is 443 g/mol. The molecule has 3 heterocycles. The van der Waals surface area contributed by atoms with Crippen LogP contribution in [0.25, 0.3) is 10.2 Å². The zero-order chi connectivity index (χ0) is 22.0. The molecule has 0 aliphatic carbocycles. The van der Waals surface area contributed by atoms with Gasteiger partial charge < -0.3 is 10.1 Å². The van der Waals surface area contributed by atoms with Crippen LogP contribution in [0.4, 0.5) is 4.39 Å². The van der Waals surface area contributed by atoms with E-state index in [-0.39, 0.29) is 35.7 Å². The van der Waals surface area contributed by atoms with Crippen LogP contribution in [0.5, 0.6) is 0 Å². The van der Waals surface area contributed by atoms with Gasteiger partial charge in [0.25, 0.3) is 5.56 Å². The van der Waals surface area contributed by atoms with Gasteiger partial charge in [-0.1, -0.05) is 12.1 Å². The Morgan fingerprint density at radius 2 is 2.10 bits per heavy atom. The van der Waals surface area contributed by atoms with E-state index in [2.05, 4.69) is 10.3 Å². The summed E-state index contributed by atoms with van der Waals surface area (Å²) in [5, 5.41) is 3.64. The van der Waals surface area contributed by atoms with Crippen molar-refractivity contribution < 1.29 is 13.9 Å². The molecule has 0 unspecified atom stereocenters. The van der Waals surface area contributed by atoms with Gasteiger partial charge in [0.1, 0.15) is 10.6 Å². The van der Waals surface area contributed by atoms with Crippen LogP contribution in [0.15, 0.2) is 35.4 Å². The number of rotatable bonds is 6. The number of ether oxygens (including phenoxy) is 1. The van der Waals surface area contributed by atoms with E-state index in [0.717, 1.165) is 20.8 Å². The molecule has 1 amide bonds. The lowest BCUT2D eigenvalue weighted by Gasteiger charge is -2.38. The molecule has 8 heteroatoms. The van der Waals surface area contributed by atoms with Gasteiger partial charge in [0.15, 0.2) is 0 Å². The maximum absolute atomic E-state index is 13.8. The van der Waals surface area contributed by atoms with Crippen molar-refractivity contribution in [1.82, 2.24) is 14.9 Å². The first kappa shape index (κ1) is 21.6. The molecule has 6 nitrogen and oxygen atoms in total. The van der Waals surface area contributed by atoms with Crippen molar-refractivity contribution in [2.45, 2.75) is 45.1 Å². The molecule has 2 aromatic heterocycles. The molecule has 4 rings (SSSR count). The van der Waals surface area contributed by atoms with Crippen molar-refractivity contribution in [3.05, 3.63) is 62.8 Å². The van der Waals surface area contributed by atoms with Crippen LogP contribution in [-0.4, -0.2) is 35.2 Å². The molecule has 1 saturated heterocycles. The number of aromatic nitrogens is 2. The highest BCUT2D eigenvalue weighted by molar-refractivity contribution is 7.18. The quantitative estimate of drug-likeness (QED) is 0.633. The van der Waals surface area contributed by atoms with Gasteiger partial charge in [-0.05, 0) is 49.9 Å². The minimum Gasteiger partial charge on any atom is -0.381 e. The summed E-state index contributed by atoms with van der Waals surface area (Å²) in [6.45, 7) is 5.73. The standard InChI is InChI=1S/C23H26FN3O3S/c1-15-16(2)31-21-20(15)22(29)27(14-26-21)9-6-19(28)25-13-23(7-10-30-11-8-23)17-4-3-5-18(24)12-17/h3-5,12,14H,6-11,13H2,1-2H3,(H,25,28). The number of carbonyl (C=O) groups excluding carboxylic acids is 1. The summed E-state index contributed by atoms with van der Waals surface area (Å²) >= 11 is 1.51. The second-order valence-electron chi connectivity index (χ2n) is 8.14. The summed E-state index contributed by atoms with van der Waals surface area (Å²) in [6, 6.07) is 6.58. The summed E-state index contributed by atoms with van der Waals surface area (Å²) in [5.74, 6) is -0.427. The molecular formula is C23H26FN3O3S. The number of carbonyl (C=O) groups is 1. The fourth-order valence-corrected chi connectivity index (χ4v) is 5.14. The van der Waals surface area contributed by atoms with E-state index in [1.165, 1.54) is 28.3 Å². The number of hydrogen-bond acceptors (Lipinski definition) is 5. The minimum absolute atomic E-state index is 0.111. The average Bonchev–Trinajstić information content (AvgIpc) is 3.06. The van der Waals surface area contributed by atoms with Crippen LogP contribution in [-0.2, 0) is 21.5 Å². The lowest BCUT2D eigenvalue weighted by molar-refractivity contribution is -0.121. The maximum atomic E-state index is 13.8. The largest absolute Gasteiger partial charge is 0.381 e. The Labute approximate surface area is 184 Å². The molecule has 0 spiro atoms. The van der Waals surface area contributed by atoms with E-state index in [9.17, 15) is 14.0 Å². The predicted octanol–water partition coefficient (Wildman–Crippen LogP) is 3.47. The number of nitrogens with zero attached hydrogens (tertiary/aromatic N) is 2. The first-order valence-electron chi connectivity index (χ1n) is 10.5. The smallest absolute Gasteiger partial charge is 0.262 e. The van der Waals surface area contributed by atoms with Gasteiger partial charge in [-0.3, -0.25) is 14.2 Å². The Morgan fingerprint density at radius 3 is 2.84 bits per heavy atom. The van der Waals surface area contributed by atoms with Crippen LogP contribution >= 0.6 is 11.3 Å². The Morgan fingerprint density at radius 1 is 1.32 bits per heavy atom. The number of benzene rings is 1. The SMILES string of the molecule is Cc1sc2ncn(CCC(=O)NCC3(c4cccc(F)c4)CCOCC3)c(=O)c2c1C. The lowest BCUT2D eigenvalue weighted by atomic mass is 9.74. The van der Waals surface area contributed by atoms with Crippen LogP contribution < -0.4 is 10.9 Å². The third-order valence-corrected chi connectivity index (χ3v) is 7.36. The van der Waals surface area contributed by atoms with Gasteiger partial charge in [0, 0.05) is 43.0 Å². The highest BCUT2D eigenvalue weighted by Crippen LogP contribution is 2.34. The number of hydrogen-bond donors (Lipinski definition) is 1. The Hall–Kier alpha value is -2.58. The predicted molar refractivity (Wildman–Crippen MR) is 119 cm³/mol. The lowest BCUT2D eigenvalue weighted by Crippen LogP contribution is -2.44. The number of halogens is 1. The average molecular weight is 444 g/mol. The number of thiophene rings is 1. The molecule has 31 heavy (non-hydrogen) atoms. The molecule has 3 aromatic rings. The molecule has 0 bridgehead atoms. The third-order valence-electron chi connectivity index (χ3n) is 6.25. The van der Waals surface area contributed by atoms with Crippen molar-refractivity contribution >= 4 is 27.5 Å². The van der Waals surface area contributed by atoms with Crippen molar-refractivity contribution in [2.24, 2.45) is 0 Å². The van der Waals surface area contributed by atoms with E-state index >= 15 is 0 Å². The first-order chi connectivity index (χ1) is 14.9. The van der Waals surface area contributed by atoms with E-state index in [1.54, 1.807) is 12.1 Å². The second kappa shape index (κ2) is 8.88. The van der Waals surface area contributed by atoms with Crippen LogP contribution in [0, 0.1) is 19.7 Å². The normalized spacial score (nSPS) is 15.8. The van der Waals surface area contributed by atoms with Gasteiger partial charge in [-0.15, -0.1) is 11.3 Å². The summed E-state index contributed by atoms with van der Waals surface area (Å²) < 4.78 is 20.8. The molecule has 1 fully saturated rings. The van der Waals surface area contributed by atoms with Gasteiger partial charge >= 0.3 is 0 Å². The van der Waals surface area contributed by atoms with E-state index in [4.69, 9.17) is 4.74 Å². The van der Waals surface area contributed by atoms with E-state index < -0.39 is 0 Å². The molecule has 1 aromatic carbocycles. The van der Waals surface area contributed by atoms with Crippen molar-refractivity contribution in [2.75, 3.05) is 19.8 Å². The van der Waals surface area contributed by atoms with E-state index in [0.29, 0.717) is 38.0 Å². The second-order valence-corrected chi connectivity index (χ2v) is 9.34. The summed E-state index contributed by atoms with van der Waals surface area (Å²) in [7, 11) is 0. The maximum Gasteiger partial charge on any atom is 0.262 e. The summed E-state index contributed by atoms with van der Waals surface area (Å²) in [4.78, 5) is 31.6. The molecule has 1 aliphatic rings. The number of aryl methyl sites for hydroxylation is 3. The van der Waals surface area contributed by atoms with Crippen molar-refractivity contribution in [3.8, 4) is 0 Å². The molecule has 164 valence electrons. The topological polar surface area (TPSA) is 73.2 Å². The number of nitrogens with one attached hydrogen (secondary N) is 1. The zero-order valence-corrected chi connectivity index (χ0v) is 18.6. The zero-order valence-electron chi connectivity index (χ0n) is 17.7. The molecular weight excluding hydrogens is 417 g/mol. The molecule has 1 aliphatic heterocycles. The Balaban J connectivity index is 1.44. The van der Waals surface area contributed by atoms with Gasteiger partial charge in [-0.25, -0.2) is 9.37 Å². The fraction of sp³-hybridized carbons (Fsp3) is 0.435. The fourth-order valence-electron chi connectivity index (χ4n) is 4.16. The van der Waals surface area contributed by atoms with Crippen LogP contribution in [0.3, 0.4) is 0 Å². The molecule has 0 radical (unpaired) electrons. The number of amides is 1. The minimum atomic E-state index is -0.349. The molecule has 0 saturated carbocycles. The molecule has 0 atom stereocenters. The van der Waals surface area contributed by atoms with Crippen LogP contribution in [0.2, 0.25) is 0 Å². The van der Waals surface area contributed by atoms with E-state index in [1.807, 2.05) is 19.9 Å². The van der Waals surface area contributed by atoms with Gasteiger partial charge in [-0.2, -0.15) is 0 Å². The summed E-state index contributed by atoms with van der Waals surface area (Å²) in [6.07, 6.45) is 3.12. The number of fused-ring (bicyclic) bond motifs is 1. The highest BCUT2D eigenvalue weighted by atomic mass is 32.1. The van der Waals surface area contributed by atoms with Crippen LogP contribution in [0.1, 0.15) is 35.3 Å². The van der Waals surface area contributed by atoms with Gasteiger partial charge in [0.05, 0.1) is 11.7 Å². The van der Waals surface area contributed by atoms with Crippen molar-refractivity contribution in [1.29, 1.82) is 0 Å². The Bertz CT molecular complexity index is 1160.